The molecule has 0 amide bonds. The van der Waals surface area contributed by atoms with Gasteiger partial charge in [0.15, 0.2) is 15.6 Å². The predicted octanol–water partition coefficient (Wildman–Crippen LogP) is 6.75. The van der Waals surface area contributed by atoms with E-state index in [1.165, 1.54) is 12.1 Å². The SMILES string of the molecule is CC1(C)CCC(S(=O)(=O)c2ccc3c(c2)C(=O)c2cc(SN4CCN(c5ccc(F)cc5F)CC4)ccc2-3)CC1. The first-order chi connectivity index (χ1) is 19.0. The van der Waals surface area contributed by atoms with Crippen LogP contribution in [0.1, 0.15) is 55.5 Å². The van der Waals surface area contributed by atoms with E-state index >= 15 is 0 Å². The summed E-state index contributed by atoms with van der Waals surface area (Å²) in [6.45, 7) is 6.91. The molecule has 2 fully saturated rings. The lowest BCUT2D eigenvalue weighted by Gasteiger charge is -2.35. The number of benzene rings is 3. The molecule has 3 aromatic carbocycles. The molecule has 0 N–H and O–H groups in total. The Balaban J connectivity index is 1.15. The molecule has 3 aromatic rings. The van der Waals surface area contributed by atoms with Crippen LogP contribution in [0.5, 0.6) is 0 Å². The summed E-state index contributed by atoms with van der Waals surface area (Å²) in [5.74, 6) is -1.29. The molecule has 1 heterocycles. The zero-order valence-electron chi connectivity index (χ0n) is 22.6. The van der Waals surface area contributed by atoms with Gasteiger partial charge >= 0.3 is 0 Å². The molecule has 0 unspecified atom stereocenters. The fourth-order valence-corrected chi connectivity index (χ4v) is 8.78. The second-order valence-electron chi connectivity index (χ2n) is 11.8. The zero-order chi connectivity index (χ0) is 28.2. The minimum atomic E-state index is -3.51. The van der Waals surface area contributed by atoms with Crippen molar-refractivity contribution in [3.63, 3.8) is 0 Å². The summed E-state index contributed by atoms with van der Waals surface area (Å²) in [6.07, 6.45) is 3.05. The monoisotopic (exact) mass is 582 g/mol. The first kappa shape index (κ1) is 27.4. The number of carbonyl (C=O) groups excluding carboxylic acids is 1. The molecule has 1 saturated carbocycles. The molecule has 210 valence electrons. The number of fused-ring (bicyclic) bond motifs is 3. The van der Waals surface area contributed by atoms with Gasteiger partial charge in [0.05, 0.1) is 15.8 Å². The lowest BCUT2D eigenvalue weighted by molar-refractivity contribution is 0.104. The van der Waals surface area contributed by atoms with Gasteiger partial charge in [-0.2, -0.15) is 0 Å². The summed E-state index contributed by atoms with van der Waals surface area (Å²) in [4.78, 5) is 16.5. The number of hydrogen-bond donors (Lipinski definition) is 0. The minimum absolute atomic E-state index is 0.147. The van der Waals surface area contributed by atoms with Crippen LogP contribution in [0.3, 0.4) is 0 Å². The van der Waals surface area contributed by atoms with Gasteiger partial charge in [0.2, 0.25) is 0 Å². The average molecular weight is 583 g/mol. The number of piperazine rings is 1. The summed E-state index contributed by atoms with van der Waals surface area (Å²) in [5.41, 5.74) is 3.20. The maximum absolute atomic E-state index is 14.2. The van der Waals surface area contributed by atoms with Gasteiger partial charge in [-0.1, -0.05) is 26.0 Å². The van der Waals surface area contributed by atoms with E-state index in [4.69, 9.17) is 0 Å². The number of ketones is 1. The van der Waals surface area contributed by atoms with Crippen LogP contribution in [0.25, 0.3) is 11.1 Å². The number of rotatable bonds is 5. The van der Waals surface area contributed by atoms with E-state index in [1.807, 2.05) is 23.1 Å². The quantitative estimate of drug-likeness (QED) is 0.243. The van der Waals surface area contributed by atoms with Gasteiger partial charge in [0.25, 0.3) is 0 Å². The lowest BCUT2D eigenvalue weighted by Crippen LogP contribution is -2.43. The Morgan fingerprint density at radius 2 is 1.48 bits per heavy atom. The third-order valence-electron chi connectivity index (χ3n) is 8.54. The number of halogens is 2. The molecule has 0 radical (unpaired) electrons. The molecule has 6 rings (SSSR count). The zero-order valence-corrected chi connectivity index (χ0v) is 24.3. The van der Waals surface area contributed by atoms with Crippen LogP contribution in [-0.4, -0.2) is 49.9 Å². The Hall–Kier alpha value is -2.75. The lowest BCUT2D eigenvalue weighted by atomic mass is 9.77. The number of nitrogens with zero attached hydrogens (tertiary/aromatic N) is 2. The van der Waals surface area contributed by atoms with Crippen molar-refractivity contribution in [3.8, 4) is 11.1 Å². The molecular weight excluding hydrogens is 550 g/mol. The molecule has 1 saturated heterocycles. The van der Waals surface area contributed by atoms with E-state index < -0.39 is 26.7 Å². The topological polar surface area (TPSA) is 57.7 Å². The summed E-state index contributed by atoms with van der Waals surface area (Å²) < 4.78 is 56.5. The van der Waals surface area contributed by atoms with Gasteiger partial charge in [0.1, 0.15) is 11.6 Å². The molecule has 5 nitrogen and oxygen atoms in total. The minimum Gasteiger partial charge on any atom is -0.367 e. The highest BCUT2D eigenvalue weighted by Crippen LogP contribution is 2.42. The van der Waals surface area contributed by atoms with Crippen LogP contribution in [0.4, 0.5) is 14.5 Å². The van der Waals surface area contributed by atoms with Gasteiger partial charge in [0, 0.05) is 48.3 Å². The van der Waals surface area contributed by atoms with Crippen molar-refractivity contribution in [1.29, 1.82) is 0 Å². The molecule has 0 spiro atoms. The molecule has 2 aliphatic carbocycles. The normalized spacial score (nSPS) is 19.5. The molecule has 9 heteroatoms. The molecule has 0 aromatic heterocycles. The second-order valence-corrected chi connectivity index (χ2v) is 15.2. The molecular formula is C31H32F2N2O3S2. The highest BCUT2D eigenvalue weighted by Gasteiger charge is 2.36. The maximum Gasteiger partial charge on any atom is 0.194 e. The largest absolute Gasteiger partial charge is 0.367 e. The van der Waals surface area contributed by atoms with Crippen LogP contribution in [0.2, 0.25) is 0 Å². The van der Waals surface area contributed by atoms with Gasteiger partial charge in [-0.25, -0.2) is 21.5 Å². The van der Waals surface area contributed by atoms with Crippen molar-refractivity contribution >= 4 is 33.3 Å². The van der Waals surface area contributed by atoms with Crippen LogP contribution >= 0.6 is 11.9 Å². The van der Waals surface area contributed by atoms with Gasteiger partial charge in [-0.05, 0) is 90.6 Å². The Bertz CT molecular complexity index is 1590. The standard InChI is InChI=1S/C31H32F2N2O3S2/c1-31(2)11-9-22(10-12-31)40(37,38)23-5-7-25-24-6-4-21(18-26(24)30(36)27(25)19-23)39-35-15-13-34(14-16-35)29-8-3-20(32)17-28(29)33/h3-8,17-19,22H,9-16H2,1-2H3. The third kappa shape index (κ3) is 5.08. The second kappa shape index (κ2) is 10.3. The van der Waals surface area contributed by atoms with E-state index in [1.54, 1.807) is 30.1 Å². The van der Waals surface area contributed by atoms with Crippen LogP contribution in [-0.2, 0) is 9.84 Å². The van der Waals surface area contributed by atoms with Crippen molar-refractivity contribution < 1.29 is 22.0 Å². The highest BCUT2D eigenvalue weighted by atomic mass is 32.2. The van der Waals surface area contributed by atoms with E-state index in [9.17, 15) is 22.0 Å². The number of carbonyl (C=O) groups is 1. The summed E-state index contributed by atoms with van der Waals surface area (Å²) in [5, 5.41) is -0.402. The first-order valence-corrected chi connectivity index (χ1v) is 16.0. The van der Waals surface area contributed by atoms with Crippen LogP contribution in [0, 0.1) is 17.0 Å². The van der Waals surface area contributed by atoms with Crippen molar-refractivity contribution in [2.45, 2.75) is 54.6 Å². The molecule has 0 atom stereocenters. The Morgan fingerprint density at radius 1 is 0.825 bits per heavy atom. The van der Waals surface area contributed by atoms with Gasteiger partial charge in [-0.3, -0.25) is 4.79 Å². The fraction of sp³-hybridized carbons (Fsp3) is 0.387. The summed E-state index contributed by atoms with van der Waals surface area (Å²) >= 11 is 1.55. The van der Waals surface area contributed by atoms with Crippen molar-refractivity contribution in [2.24, 2.45) is 5.41 Å². The van der Waals surface area contributed by atoms with Crippen molar-refractivity contribution in [2.75, 3.05) is 31.1 Å². The van der Waals surface area contributed by atoms with Crippen LogP contribution in [0.15, 0.2) is 64.4 Å². The molecule has 3 aliphatic rings. The van der Waals surface area contributed by atoms with Gasteiger partial charge < -0.3 is 4.90 Å². The summed E-state index contributed by atoms with van der Waals surface area (Å²) in [7, 11) is -3.51. The Kier molecular flexibility index (Phi) is 7.04. The average Bonchev–Trinajstić information content (AvgIpc) is 3.20. The third-order valence-corrected chi connectivity index (χ3v) is 11.9. The van der Waals surface area contributed by atoms with Crippen molar-refractivity contribution in [3.05, 3.63) is 77.4 Å². The smallest absolute Gasteiger partial charge is 0.194 e. The van der Waals surface area contributed by atoms with Crippen LogP contribution < -0.4 is 4.90 Å². The fourth-order valence-electron chi connectivity index (χ4n) is 6.05. The molecule has 40 heavy (non-hydrogen) atoms. The number of sulfone groups is 1. The predicted molar refractivity (Wildman–Crippen MR) is 155 cm³/mol. The first-order valence-electron chi connectivity index (χ1n) is 13.7. The highest BCUT2D eigenvalue weighted by molar-refractivity contribution is 7.97. The van der Waals surface area contributed by atoms with Gasteiger partial charge in [-0.15, -0.1) is 0 Å². The molecule has 0 bridgehead atoms. The number of hydrogen-bond acceptors (Lipinski definition) is 6. The number of anilines is 1. The maximum atomic E-state index is 14.2. The van der Waals surface area contributed by atoms with E-state index in [0.29, 0.717) is 55.8 Å². The van der Waals surface area contributed by atoms with Crippen molar-refractivity contribution in [1.82, 2.24) is 4.31 Å². The molecule has 1 aliphatic heterocycles. The van der Waals surface area contributed by atoms with E-state index in [-0.39, 0.29) is 16.1 Å². The van der Waals surface area contributed by atoms with E-state index in [2.05, 4.69) is 18.2 Å². The summed E-state index contributed by atoms with van der Waals surface area (Å²) in [6, 6.07) is 14.5. The Morgan fingerprint density at radius 3 is 2.15 bits per heavy atom. The Labute approximate surface area is 238 Å². The van der Waals surface area contributed by atoms with E-state index in [0.717, 1.165) is 34.9 Å².